The van der Waals surface area contributed by atoms with Crippen LogP contribution in [0.3, 0.4) is 0 Å². The van der Waals surface area contributed by atoms with E-state index in [0.717, 1.165) is 10.9 Å². The van der Waals surface area contributed by atoms with Gasteiger partial charge in [-0.3, -0.25) is 9.89 Å². The first kappa shape index (κ1) is 13.5. The minimum absolute atomic E-state index is 0.243. The summed E-state index contributed by atoms with van der Waals surface area (Å²) < 4.78 is 5.21. The highest BCUT2D eigenvalue weighted by Gasteiger charge is 2.11. The summed E-state index contributed by atoms with van der Waals surface area (Å²) in [4.78, 5) is 12.3. The molecule has 1 heterocycles. The number of H-pyrrole nitrogens is 1. The van der Waals surface area contributed by atoms with Crippen LogP contribution in [0, 0.1) is 0 Å². The number of methoxy groups -OCH3 is 1. The third-order valence-electron chi connectivity index (χ3n) is 3.11. The van der Waals surface area contributed by atoms with Crippen molar-refractivity contribution >= 4 is 34.1 Å². The Hall–Kier alpha value is -2.53. The van der Waals surface area contributed by atoms with E-state index in [1.807, 2.05) is 6.07 Å². The Balaban J connectivity index is 1.90. The number of nitrogens with zero attached hydrogens (tertiary/aromatic N) is 1. The quantitative estimate of drug-likeness (QED) is 0.778. The van der Waals surface area contributed by atoms with Gasteiger partial charge in [0.05, 0.1) is 24.5 Å². The van der Waals surface area contributed by atoms with Gasteiger partial charge < -0.3 is 10.1 Å². The van der Waals surface area contributed by atoms with E-state index in [1.54, 1.807) is 36.5 Å². The van der Waals surface area contributed by atoms with Gasteiger partial charge in [-0.15, -0.1) is 0 Å². The minimum Gasteiger partial charge on any atom is -0.495 e. The first-order chi connectivity index (χ1) is 10.2. The highest BCUT2D eigenvalue weighted by Crippen LogP contribution is 2.28. The molecule has 3 rings (SSSR count). The van der Waals surface area contributed by atoms with Gasteiger partial charge in [-0.25, -0.2) is 0 Å². The Morgan fingerprint density at radius 3 is 2.95 bits per heavy atom. The van der Waals surface area contributed by atoms with Gasteiger partial charge in [-0.05, 0) is 30.3 Å². The summed E-state index contributed by atoms with van der Waals surface area (Å²) in [5, 5.41) is 11.0. The standard InChI is InChI=1S/C15H12ClN3O2/c1-21-14-5-4-11(16)7-13(14)18-15(20)9-2-3-10-8-17-19-12(10)6-9/h2-8H,1H3,(H,17,19)(H,18,20). The number of aromatic nitrogens is 2. The maximum absolute atomic E-state index is 12.3. The number of hydrogen-bond donors (Lipinski definition) is 2. The average molecular weight is 302 g/mol. The number of halogens is 1. The van der Waals surface area contributed by atoms with Crippen molar-refractivity contribution in [2.24, 2.45) is 0 Å². The normalized spacial score (nSPS) is 10.6. The molecule has 0 spiro atoms. The summed E-state index contributed by atoms with van der Waals surface area (Å²) in [6, 6.07) is 10.4. The molecule has 0 aliphatic heterocycles. The van der Waals surface area contributed by atoms with Crippen LogP contribution in [0.2, 0.25) is 5.02 Å². The smallest absolute Gasteiger partial charge is 0.255 e. The number of aromatic amines is 1. The van der Waals surface area contributed by atoms with Crippen molar-refractivity contribution in [3.63, 3.8) is 0 Å². The summed E-state index contributed by atoms with van der Waals surface area (Å²) in [5.41, 5.74) is 1.86. The molecule has 5 nitrogen and oxygen atoms in total. The van der Waals surface area contributed by atoms with Gasteiger partial charge >= 0.3 is 0 Å². The zero-order chi connectivity index (χ0) is 14.8. The fourth-order valence-corrected chi connectivity index (χ4v) is 2.22. The Morgan fingerprint density at radius 2 is 2.14 bits per heavy atom. The molecule has 0 fully saturated rings. The molecule has 3 aromatic rings. The van der Waals surface area contributed by atoms with Crippen molar-refractivity contribution < 1.29 is 9.53 Å². The van der Waals surface area contributed by atoms with Crippen molar-refractivity contribution in [1.82, 2.24) is 10.2 Å². The van der Waals surface area contributed by atoms with Crippen LogP contribution in [-0.4, -0.2) is 23.2 Å². The summed E-state index contributed by atoms with van der Waals surface area (Å²) in [7, 11) is 1.54. The van der Waals surface area contributed by atoms with Gasteiger partial charge in [0.25, 0.3) is 5.91 Å². The van der Waals surface area contributed by atoms with Crippen molar-refractivity contribution in [2.45, 2.75) is 0 Å². The van der Waals surface area contributed by atoms with Crippen molar-refractivity contribution in [3.05, 3.63) is 53.2 Å². The van der Waals surface area contributed by atoms with E-state index >= 15 is 0 Å². The van der Waals surface area contributed by atoms with Crippen LogP contribution in [-0.2, 0) is 0 Å². The fraction of sp³-hybridized carbons (Fsp3) is 0.0667. The number of ether oxygens (including phenoxy) is 1. The number of benzene rings is 2. The molecule has 21 heavy (non-hydrogen) atoms. The van der Waals surface area contributed by atoms with Gasteiger partial charge in [0.1, 0.15) is 5.75 Å². The second-order valence-electron chi connectivity index (χ2n) is 4.47. The van der Waals surface area contributed by atoms with Gasteiger partial charge in [0.15, 0.2) is 0 Å². The number of hydrogen-bond acceptors (Lipinski definition) is 3. The SMILES string of the molecule is COc1ccc(Cl)cc1NC(=O)c1ccc2cn[nH]c2c1. The zero-order valence-corrected chi connectivity index (χ0v) is 11.9. The molecule has 106 valence electrons. The van der Waals surface area contributed by atoms with E-state index in [0.29, 0.717) is 22.0 Å². The van der Waals surface area contributed by atoms with E-state index in [1.165, 1.54) is 7.11 Å². The van der Waals surface area contributed by atoms with Crippen LogP contribution in [0.1, 0.15) is 10.4 Å². The minimum atomic E-state index is -0.243. The molecule has 0 saturated carbocycles. The van der Waals surface area contributed by atoms with Crippen LogP contribution < -0.4 is 10.1 Å². The van der Waals surface area contributed by atoms with Crippen LogP contribution in [0.25, 0.3) is 10.9 Å². The number of anilines is 1. The largest absolute Gasteiger partial charge is 0.495 e. The molecule has 0 aliphatic rings. The number of amides is 1. The van der Waals surface area contributed by atoms with E-state index in [2.05, 4.69) is 15.5 Å². The summed E-state index contributed by atoms with van der Waals surface area (Å²) in [6.07, 6.45) is 1.71. The fourth-order valence-electron chi connectivity index (χ4n) is 2.05. The molecule has 1 aromatic heterocycles. The maximum atomic E-state index is 12.3. The van der Waals surface area contributed by atoms with Gasteiger partial charge in [0.2, 0.25) is 0 Å². The Labute approximate surface area is 125 Å². The molecule has 0 saturated heterocycles. The molecule has 2 aromatic carbocycles. The summed E-state index contributed by atoms with van der Waals surface area (Å²) >= 11 is 5.95. The lowest BCUT2D eigenvalue weighted by atomic mass is 10.1. The average Bonchev–Trinajstić information content (AvgIpc) is 2.94. The van der Waals surface area contributed by atoms with Crippen LogP contribution >= 0.6 is 11.6 Å². The summed E-state index contributed by atoms with van der Waals surface area (Å²) in [6.45, 7) is 0. The highest BCUT2D eigenvalue weighted by molar-refractivity contribution is 6.31. The molecule has 0 bridgehead atoms. The first-order valence-electron chi connectivity index (χ1n) is 6.25. The molecular formula is C15H12ClN3O2. The van der Waals surface area contributed by atoms with Crippen molar-refractivity contribution in [2.75, 3.05) is 12.4 Å². The first-order valence-corrected chi connectivity index (χ1v) is 6.63. The third kappa shape index (κ3) is 2.68. The molecule has 0 aliphatic carbocycles. The zero-order valence-electron chi connectivity index (χ0n) is 11.2. The molecule has 2 N–H and O–H groups in total. The lowest BCUT2D eigenvalue weighted by Crippen LogP contribution is -2.12. The Bertz CT molecular complexity index is 814. The van der Waals surface area contributed by atoms with Gasteiger partial charge in [-0.2, -0.15) is 5.10 Å². The number of carbonyl (C=O) groups excluding carboxylic acids is 1. The number of nitrogens with one attached hydrogen (secondary N) is 2. The summed E-state index contributed by atoms with van der Waals surface area (Å²) in [5.74, 6) is 0.308. The van der Waals surface area contributed by atoms with E-state index in [-0.39, 0.29) is 5.91 Å². The van der Waals surface area contributed by atoms with Gasteiger partial charge in [-0.1, -0.05) is 17.7 Å². The van der Waals surface area contributed by atoms with E-state index < -0.39 is 0 Å². The lowest BCUT2D eigenvalue weighted by Gasteiger charge is -2.10. The molecule has 0 atom stereocenters. The molecule has 1 amide bonds. The van der Waals surface area contributed by atoms with Crippen LogP contribution in [0.5, 0.6) is 5.75 Å². The molecule has 0 unspecified atom stereocenters. The molecular weight excluding hydrogens is 290 g/mol. The lowest BCUT2D eigenvalue weighted by molar-refractivity contribution is 0.102. The maximum Gasteiger partial charge on any atom is 0.255 e. The highest BCUT2D eigenvalue weighted by atomic mass is 35.5. The second kappa shape index (κ2) is 5.46. The number of carbonyl (C=O) groups is 1. The monoisotopic (exact) mass is 301 g/mol. The second-order valence-corrected chi connectivity index (χ2v) is 4.91. The predicted octanol–water partition coefficient (Wildman–Crippen LogP) is 3.48. The third-order valence-corrected chi connectivity index (χ3v) is 3.35. The molecule has 6 heteroatoms. The Kier molecular flexibility index (Phi) is 3.50. The predicted molar refractivity (Wildman–Crippen MR) is 82.1 cm³/mol. The van der Waals surface area contributed by atoms with Gasteiger partial charge in [0, 0.05) is 16.0 Å². The number of fused-ring (bicyclic) bond motifs is 1. The number of rotatable bonds is 3. The van der Waals surface area contributed by atoms with E-state index in [4.69, 9.17) is 16.3 Å². The van der Waals surface area contributed by atoms with Crippen LogP contribution in [0.15, 0.2) is 42.6 Å². The Morgan fingerprint density at radius 1 is 1.29 bits per heavy atom. The van der Waals surface area contributed by atoms with Crippen molar-refractivity contribution in [1.29, 1.82) is 0 Å². The van der Waals surface area contributed by atoms with Crippen LogP contribution in [0.4, 0.5) is 5.69 Å². The topological polar surface area (TPSA) is 67.0 Å². The van der Waals surface area contributed by atoms with E-state index in [9.17, 15) is 4.79 Å². The van der Waals surface area contributed by atoms with Crippen molar-refractivity contribution in [3.8, 4) is 5.75 Å². The molecule has 0 radical (unpaired) electrons.